The summed E-state index contributed by atoms with van der Waals surface area (Å²) >= 11 is 5.72. The highest BCUT2D eigenvalue weighted by Gasteiger charge is 2.30. The number of nitrogens with zero attached hydrogens (tertiary/aromatic N) is 2. The second kappa shape index (κ2) is 4.25. The molecule has 0 spiro atoms. The Labute approximate surface area is 97.4 Å². The van der Waals surface area contributed by atoms with Gasteiger partial charge in [-0.1, -0.05) is 0 Å². The predicted molar refractivity (Wildman–Crippen MR) is 60.8 cm³/mol. The van der Waals surface area contributed by atoms with Crippen molar-refractivity contribution in [2.45, 2.75) is 13.3 Å². The third kappa shape index (κ3) is 2.09. The molecule has 5 nitrogen and oxygen atoms in total. The van der Waals surface area contributed by atoms with E-state index in [1.54, 1.807) is 6.92 Å². The van der Waals surface area contributed by atoms with Crippen molar-refractivity contribution in [2.75, 3.05) is 17.3 Å². The number of carbonyl (C=O) groups is 1. The maximum absolute atomic E-state index is 11.7. The number of aromatic nitrogens is 2. The molecule has 86 valence electrons. The average Bonchev–Trinajstić information content (AvgIpc) is 2.58. The lowest BCUT2D eigenvalue weighted by Crippen LogP contribution is -2.27. The first-order chi connectivity index (χ1) is 7.60. The molecule has 1 atom stereocenters. The van der Waals surface area contributed by atoms with Gasteiger partial charge in [-0.2, -0.15) is 0 Å². The van der Waals surface area contributed by atoms with Gasteiger partial charge >= 0.3 is 0 Å². The zero-order valence-electron chi connectivity index (χ0n) is 8.86. The number of carbonyl (C=O) groups excluding carboxylic acids is 1. The lowest BCUT2D eigenvalue weighted by Gasteiger charge is -2.14. The van der Waals surface area contributed by atoms with Crippen molar-refractivity contribution in [3.8, 4) is 0 Å². The number of nitrogens with one attached hydrogen (secondary N) is 1. The molecule has 1 unspecified atom stereocenters. The average molecular weight is 242 g/mol. The van der Waals surface area contributed by atoms with Gasteiger partial charge < -0.3 is 4.98 Å². The van der Waals surface area contributed by atoms with Gasteiger partial charge in [0.1, 0.15) is 11.6 Å². The summed E-state index contributed by atoms with van der Waals surface area (Å²) in [6.45, 7) is 2.22. The molecule has 1 fully saturated rings. The molecule has 16 heavy (non-hydrogen) atoms. The van der Waals surface area contributed by atoms with Crippen LogP contribution >= 0.6 is 11.6 Å². The molecule has 1 N–H and O–H groups in total. The molecule has 0 aromatic carbocycles. The highest BCUT2D eigenvalue weighted by Crippen LogP contribution is 2.23. The Balaban J connectivity index is 2.31. The van der Waals surface area contributed by atoms with Crippen LogP contribution in [0.1, 0.15) is 12.2 Å². The van der Waals surface area contributed by atoms with Crippen molar-refractivity contribution < 1.29 is 4.79 Å². The minimum absolute atomic E-state index is 0.0249. The molecule has 2 rings (SSSR count). The summed E-state index contributed by atoms with van der Waals surface area (Å²) in [5.41, 5.74) is -0.246. The van der Waals surface area contributed by atoms with Crippen molar-refractivity contribution in [1.29, 1.82) is 0 Å². The van der Waals surface area contributed by atoms with Crippen LogP contribution in [0, 0.1) is 12.8 Å². The molecule has 0 bridgehead atoms. The highest BCUT2D eigenvalue weighted by molar-refractivity contribution is 6.18. The zero-order chi connectivity index (χ0) is 11.7. The monoisotopic (exact) mass is 241 g/mol. The first-order valence-corrected chi connectivity index (χ1v) is 5.58. The van der Waals surface area contributed by atoms with E-state index in [9.17, 15) is 9.59 Å². The fraction of sp³-hybridized carbons (Fsp3) is 0.500. The van der Waals surface area contributed by atoms with E-state index < -0.39 is 0 Å². The van der Waals surface area contributed by atoms with Crippen molar-refractivity contribution in [2.24, 2.45) is 5.92 Å². The first kappa shape index (κ1) is 11.1. The molecule has 1 saturated heterocycles. The van der Waals surface area contributed by atoms with Gasteiger partial charge in [0.2, 0.25) is 5.91 Å². The van der Waals surface area contributed by atoms with Gasteiger partial charge in [0.05, 0.1) is 0 Å². The maximum atomic E-state index is 11.7. The number of halogens is 1. The maximum Gasteiger partial charge on any atom is 0.252 e. The van der Waals surface area contributed by atoms with Crippen molar-refractivity contribution >= 4 is 23.3 Å². The van der Waals surface area contributed by atoms with Gasteiger partial charge in [-0.15, -0.1) is 11.6 Å². The molecule has 0 saturated carbocycles. The van der Waals surface area contributed by atoms with E-state index in [0.717, 1.165) is 0 Å². The van der Waals surface area contributed by atoms with Gasteiger partial charge in [-0.25, -0.2) is 4.98 Å². The molecule has 0 aliphatic carbocycles. The molecular weight excluding hydrogens is 230 g/mol. The molecule has 1 aliphatic rings. The van der Waals surface area contributed by atoms with E-state index in [1.807, 2.05) is 0 Å². The van der Waals surface area contributed by atoms with Crippen LogP contribution in [-0.2, 0) is 4.79 Å². The summed E-state index contributed by atoms with van der Waals surface area (Å²) in [4.78, 5) is 31.2. The van der Waals surface area contributed by atoms with Gasteiger partial charge in [0.25, 0.3) is 5.56 Å². The number of H-pyrrole nitrogens is 1. The minimum Gasteiger partial charge on any atom is -0.311 e. The quantitative estimate of drug-likeness (QED) is 0.774. The molecule has 2 heterocycles. The lowest BCUT2D eigenvalue weighted by molar-refractivity contribution is -0.117. The largest absolute Gasteiger partial charge is 0.311 e. The second-order valence-corrected chi connectivity index (χ2v) is 4.23. The fourth-order valence-electron chi connectivity index (χ4n) is 1.81. The number of alkyl halides is 1. The molecule has 1 aromatic rings. The van der Waals surface area contributed by atoms with E-state index in [0.29, 0.717) is 30.5 Å². The third-order valence-electron chi connectivity index (χ3n) is 2.55. The van der Waals surface area contributed by atoms with E-state index in [1.165, 1.54) is 11.0 Å². The first-order valence-electron chi connectivity index (χ1n) is 5.04. The summed E-state index contributed by atoms with van der Waals surface area (Å²) in [5.74, 6) is 1.49. The smallest absolute Gasteiger partial charge is 0.252 e. The highest BCUT2D eigenvalue weighted by atomic mass is 35.5. The number of anilines is 1. The Morgan fingerprint density at radius 3 is 2.94 bits per heavy atom. The Bertz CT molecular complexity index is 471. The number of rotatable bonds is 2. The summed E-state index contributed by atoms with van der Waals surface area (Å²) in [5, 5.41) is 0. The van der Waals surface area contributed by atoms with Crippen LogP contribution in [0.15, 0.2) is 10.9 Å². The van der Waals surface area contributed by atoms with Gasteiger partial charge in [-0.3, -0.25) is 14.5 Å². The van der Waals surface area contributed by atoms with Gasteiger partial charge in [0.15, 0.2) is 0 Å². The molecule has 1 aromatic heterocycles. The Morgan fingerprint density at radius 2 is 2.38 bits per heavy atom. The second-order valence-electron chi connectivity index (χ2n) is 3.92. The molecular formula is C10H12ClN3O2. The van der Waals surface area contributed by atoms with Crippen LogP contribution in [0.3, 0.4) is 0 Å². The van der Waals surface area contributed by atoms with Crippen molar-refractivity contribution in [3.63, 3.8) is 0 Å². The van der Waals surface area contributed by atoms with Crippen LogP contribution in [0.4, 0.5) is 5.82 Å². The Kier molecular flexibility index (Phi) is 2.96. The molecule has 0 radical (unpaired) electrons. The summed E-state index contributed by atoms with van der Waals surface area (Å²) < 4.78 is 0. The van der Waals surface area contributed by atoms with Crippen LogP contribution in [0.2, 0.25) is 0 Å². The van der Waals surface area contributed by atoms with Crippen LogP contribution < -0.4 is 10.5 Å². The van der Waals surface area contributed by atoms with Crippen LogP contribution in [0.25, 0.3) is 0 Å². The van der Waals surface area contributed by atoms with Gasteiger partial charge in [-0.05, 0) is 12.8 Å². The minimum atomic E-state index is -0.246. The van der Waals surface area contributed by atoms with Crippen molar-refractivity contribution in [1.82, 2.24) is 9.97 Å². The summed E-state index contributed by atoms with van der Waals surface area (Å²) in [6.07, 6.45) is 0.428. The zero-order valence-corrected chi connectivity index (χ0v) is 9.62. The number of aromatic amines is 1. The number of amides is 1. The van der Waals surface area contributed by atoms with Gasteiger partial charge in [0, 0.05) is 24.9 Å². The Hall–Kier alpha value is -1.36. The van der Waals surface area contributed by atoms with E-state index in [4.69, 9.17) is 11.6 Å². The topological polar surface area (TPSA) is 66.1 Å². The summed E-state index contributed by atoms with van der Waals surface area (Å²) in [7, 11) is 0. The standard InChI is InChI=1S/C10H12ClN3O2/c1-6-12-8(3-9(15)13-6)14-5-7(4-11)2-10(14)16/h3,7H,2,4-5H2,1H3,(H,12,13,15). The van der Waals surface area contributed by atoms with E-state index >= 15 is 0 Å². The predicted octanol–water partition coefficient (Wildman–Crippen LogP) is 0.670. The lowest BCUT2D eigenvalue weighted by atomic mass is 10.1. The molecule has 1 amide bonds. The number of hydrogen-bond donors (Lipinski definition) is 1. The third-order valence-corrected chi connectivity index (χ3v) is 2.98. The van der Waals surface area contributed by atoms with E-state index in [-0.39, 0.29) is 17.4 Å². The number of aryl methyl sites for hydroxylation is 1. The van der Waals surface area contributed by atoms with Crippen LogP contribution in [-0.4, -0.2) is 28.3 Å². The fourth-order valence-corrected chi connectivity index (χ4v) is 2.02. The normalized spacial score (nSPS) is 20.5. The van der Waals surface area contributed by atoms with Crippen LogP contribution in [0.5, 0.6) is 0 Å². The van der Waals surface area contributed by atoms with Crippen molar-refractivity contribution in [3.05, 3.63) is 22.2 Å². The number of hydrogen-bond acceptors (Lipinski definition) is 3. The SMILES string of the molecule is Cc1nc(N2CC(CCl)CC2=O)cc(=O)[nH]1. The molecule has 1 aliphatic heterocycles. The van der Waals surface area contributed by atoms with E-state index in [2.05, 4.69) is 9.97 Å². The Morgan fingerprint density at radius 1 is 1.62 bits per heavy atom. The summed E-state index contributed by atoms with van der Waals surface area (Å²) in [6, 6.07) is 1.33. The molecule has 6 heteroatoms.